The van der Waals surface area contributed by atoms with Gasteiger partial charge in [-0.3, -0.25) is 9.59 Å². The standard InChI is InChI=1S/C17H23NO4/c1-6-14(2,3)12(19)21-15(4)10-7-11-16(15,5)22-13(20)17(11,8-10)9-18/h10-11H,6-8H2,1-5H3. The van der Waals surface area contributed by atoms with Crippen LogP contribution in [0.25, 0.3) is 0 Å². The fourth-order valence-electron chi connectivity index (χ4n) is 4.48. The molecule has 22 heavy (non-hydrogen) atoms. The Balaban J connectivity index is 1.97. The van der Waals surface area contributed by atoms with E-state index >= 15 is 0 Å². The molecule has 0 N–H and O–H groups in total. The van der Waals surface area contributed by atoms with Crippen molar-refractivity contribution in [3.05, 3.63) is 0 Å². The molecule has 0 radical (unpaired) electrons. The summed E-state index contributed by atoms with van der Waals surface area (Å²) in [6.07, 6.45) is 1.81. The van der Waals surface area contributed by atoms with Gasteiger partial charge >= 0.3 is 11.9 Å². The van der Waals surface area contributed by atoms with Crippen LogP contribution in [0, 0.1) is 34.0 Å². The van der Waals surface area contributed by atoms with Gasteiger partial charge < -0.3 is 9.47 Å². The van der Waals surface area contributed by atoms with E-state index in [-0.39, 0.29) is 17.8 Å². The van der Waals surface area contributed by atoms with Crippen LogP contribution < -0.4 is 0 Å². The van der Waals surface area contributed by atoms with E-state index in [2.05, 4.69) is 6.07 Å². The SMILES string of the molecule is CCC(C)(C)C(=O)OC1(C)C2CC3C(C#N)(C2)C(=O)OC31C. The summed E-state index contributed by atoms with van der Waals surface area (Å²) in [5.74, 6) is -0.911. The highest BCUT2D eigenvalue weighted by Gasteiger charge is 2.82. The lowest BCUT2D eigenvalue weighted by molar-refractivity contribution is -0.207. The van der Waals surface area contributed by atoms with Crippen molar-refractivity contribution in [3.8, 4) is 6.07 Å². The molecule has 5 heteroatoms. The molecular weight excluding hydrogens is 282 g/mol. The van der Waals surface area contributed by atoms with E-state index in [0.29, 0.717) is 19.3 Å². The van der Waals surface area contributed by atoms with Crippen molar-refractivity contribution >= 4 is 11.9 Å². The number of carbonyl (C=O) groups excluding carboxylic acids is 2. The maximum absolute atomic E-state index is 12.6. The predicted octanol–water partition coefficient (Wildman–Crippen LogP) is 2.59. The number of carbonyl (C=O) groups is 2. The van der Waals surface area contributed by atoms with Crippen LogP contribution in [-0.4, -0.2) is 23.1 Å². The first-order valence-corrected chi connectivity index (χ1v) is 7.95. The summed E-state index contributed by atoms with van der Waals surface area (Å²) in [6, 6.07) is 2.19. The number of hydrogen-bond donors (Lipinski definition) is 0. The van der Waals surface area contributed by atoms with Crippen molar-refractivity contribution in [2.75, 3.05) is 0 Å². The first-order valence-electron chi connectivity index (χ1n) is 7.95. The Labute approximate surface area is 131 Å². The van der Waals surface area contributed by atoms with Crippen LogP contribution in [0.3, 0.4) is 0 Å². The van der Waals surface area contributed by atoms with Crippen LogP contribution >= 0.6 is 0 Å². The predicted molar refractivity (Wildman–Crippen MR) is 77.3 cm³/mol. The Hall–Kier alpha value is -1.57. The average molecular weight is 305 g/mol. The highest BCUT2D eigenvalue weighted by atomic mass is 16.6. The smallest absolute Gasteiger partial charge is 0.327 e. The molecule has 5 atom stereocenters. The molecule has 0 amide bonds. The second kappa shape index (κ2) is 4.04. The lowest BCUT2D eigenvalue weighted by atomic mass is 9.64. The minimum Gasteiger partial charge on any atom is -0.454 e. The first-order chi connectivity index (χ1) is 10.1. The Bertz CT molecular complexity index is 606. The van der Waals surface area contributed by atoms with Crippen molar-refractivity contribution in [2.24, 2.45) is 22.7 Å². The molecule has 2 saturated carbocycles. The number of esters is 2. The monoisotopic (exact) mass is 305 g/mol. The van der Waals surface area contributed by atoms with Gasteiger partial charge in [-0.05, 0) is 47.0 Å². The summed E-state index contributed by atoms with van der Waals surface area (Å²) >= 11 is 0. The van der Waals surface area contributed by atoms with Gasteiger partial charge in [0.1, 0.15) is 0 Å². The van der Waals surface area contributed by atoms with Gasteiger partial charge in [0.2, 0.25) is 0 Å². The van der Waals surface area contributed by atoms with Crippen LogP contribution in [0.15, 0.2) is 0 Å². The number of nitriles is 1. The van der Waals surface area contributed by atoms with Gasteiger partial charge in [-0.1, -0.05) is 6.92 Å². The van der Waals surface area contributed by atoms with Gasteiger partial charge in [-0.25, -0.2) is 0 Å². The van der Waals surface area contributed by atoms with E-state index in [0.717, 1.165) is 0 Å². The molecule has 5 unspecified atom stereocenters. The quantitative estimate of drug-likeness (QED) is 0.749. The molecule has 120 valence electrons. The van der Waals surface area contributed by atoms with Crippen LogP contribution in [0.1, 0.15) is 53.9 Å². The Morgan fingerprint density at radius 1 is 1.50 bits per heavy atom. The number of ether oxygens (including phenoxy) is 2. The third-order valence-corrected chi connectivity index (χ3v) is 6.72. The minimum atomic E-state index is -1.04. The van der Waals surface area contributed by atoms with Gasteiger partial charge in [0, 0.05) is 11.8 Å². The third-order valence-electron chi connectivity index (χ3n) is 6.72. The molecule has 1 aliphatic heterocycles. The second-order valence-electron chi connectivity index (χ2n) is 8.00. The van der Waals surface area contributed by atoms with Crippen molar-refractivity contribution in [1.82, 2.24) is 0 Å². The summed E-state index contributed by atoms with van der Waals surface area (Å²) < 4.78 is 11.6. The van der Waals surface area contributed by atoms with E-state index in [1.54, 1.807) is 0 Å². The Morgan fingerprint density at radius 2 is 2.14 bits per heavy atom. The summed E-state index contributed by atoms with van der Waals surface area (Å²) in [4.78, 5) is 24.8. The molecule has 0 aromatic carbocycles. The van der Waals surface area contributed by atoms with E-state index < -0.39 is 28.0 Å². The van der Waals surface area contributed by atoms with Gasteiger partial charge in [-0.2, -0.15) is 5.26 Å². The van der Waals surface area contributed by atoms with Gasteiger partial charge in [0.15, 0.2) is 16.6 Å². The zero-order valence-corrected chi connectivity index (χ0v) is 13.9. The maximum Gasteiger partial charge on any atom is 0.327 e. The lowest BCUT2D eigenvalue weighted by Gasteiger charge is -2.45. The molecule has 2 aliphatic carbocycles. The number of hydrogen-bond acceptors (Lipinski definition) is 5. The third kappa shape index (κ3) is 1.44. The summed E-state index contributed by atoms with van der Waals surface area (Å²) in [6.45, 7) is 9.34. The molecule has 0 aromatic heterocycles. The molecule has 2 bridgehead atoms. The highest BCUT2D eigenvalue weighted by molar-refractivity contribution is 5.86. The van der Waals surface area contributed by atoms with Crippen molar-refractivity contribution < 1.29 is 19.1 Å². The Morgan fingerprint density at radius 3 is 2.68 bits per heavy atom. The second-order valence-corrected chi connectivity index (χ2v) is 8.00. The largest absolute Gasteiger partial charge is 0.454 e. The first kappa shape index (κ1) is 15.3. The van der Waals surface area contributed by atoms with Crippen molar-refractivity contribution in [3.63, 3.8) is 0 Å². The van der Waals surface area contributed by atoms with E-state index in [9.17, 15) is 14.9 Å². The van der Waals surface area contributed by atoms with E-state index in [1.807, 2.05) is 34.6 Å². The molecule has 3 fully saturated rings. The molecule has 0 aromatic rings. The normalized spacial score (nSPS) is 45.5. The fraction of sp³-hybridized carbons (Fsp3) is 0.824. The number of rotatable bonds is 3. The van der Waals surface area contributed by atoms with Gasteiger partial charge in [0.25, 0.3) is 0 Å². The average Bonchev–Trinajstić information content (AvgIpc) is 3.00. The Kier molecular flexibility index (Phi) is 2.81. The summed E-state index contributed by atoms with van der Waals surface area (Å²) in [7, 11) is 0. The zero-order chi connectivity index (χ0) is 16.6. The lowest BCUT2D eigenvalue weighted by Crippen LogP contribution is -2.58. The van der Waals surface area contributed by atoms with Gasteiger partial charge in [0.05, 0.1) is 11.5 Å². The van der Waals surface area contributed by atoms with Crippen molar-refractivity contribution in [1.29, 1.82) is 5.26 Å². The summed E-state index contributed by atoms with van der Waals surface area (Å²) in [5.41, 5.74) is -3.36. The van der Waals surface area contributed by atoms with Gasteiger partial charge in [-0.15, -0.1) is 0 Å². The fourth-order valence-corrected chi connectivity index (χ4v) is 4.48. The number of nitrogens with zero attached hydrogens (tertiary/aromatic N) is 1. The maximum atomic E-state index is 12.6. The van der Waals surface area contributed by atoms with Crippen molar-refractivity contribution in [2.45, 2.75) is 65.1 Å². The molecule has 0 spiro atoms. The highest BCUT2D eigenvalue weighted by Crippen LogP contribution is 2.71. The minimum absolute atomic E-state index is 0.00907. The molecule has 3 aliphatic rings. The topological polar surface area (TPSA) is 76.4 Å². The van der Waals surface area contributed by atoms with E-state index in [1.165, 1.54) is 0 Å². The summed E-state index contributed by atoms with van der Waals surface area (Å²) in [5, 5.41) is 9.51. The number of fused-ring (bicyclic) bond motifs is 1. The van der Waals surface area contributed by atoms with Crippen LogP contribution in [0.4, 0.5) is 0 Å². The molecule has 1 saturated heterocycles. The van der Waals surface area contributed by atoms with E-state index in [4.69, 9.17) is 9.47 Å². The molecule has 1 heterocycles. The zero-order valence-electron chi connectivity index (χ0n) is 13.9. The molecule has 5 nitrogen and oxygen atoms in total. The molecule has 3 rings (SSSR count). The van der Waals surface area contributed by atoms with Crippen LogP contribution in [0.2, 0.25) is 0 Å². The van der Waals surface area contributed by atoms with Crippen LogP contribution in [0.5, 0.6) is 0 Å². The molecular formula is C17H23NO4. The van der Waals surface area contributed by atoms with Crippen LogP contribution in [-0.2, 0) is 19.1 Å².